The summed E-state index contributed by atoms with van der Waals surface area (Å²) in [6.07, 6.45) is 13.9. The fourth-order valence-electron chi connectivity index (χ4n) is 1.79. The minimum Gasteiger partial charge on any atom is -0.305 e. The van der Waals surface area contributed by atoms with Crippen molar-refractivity contribution in [3.05, 3.63) is 0 Å². The molecule has 0 aromatic heterocycles. The minimum atomic E-state index is 0.993. The van der Waals surface area contributed by atoms with Gasteiger partial charge in [0, 0.05) is 6.54 Å². The molecular formula is C13H29NO. The molecule has 2 nitrogen and oxygen atoms in total. The van der Waals surface area contributed by atoms with Crippen LogP contribution in [-0.4, -0.2) is 13.7 Å². The Hall–Kier alpha value is -0.0800. The van der Waals surface area contributed by atoms with Crippen molar-refractivity contribution in [2.45, 2.75) is 71.1 Å². The first kappa shape index (κ1) is 14.9. The molecule has 0 aliphatic rings. The van der Waals surface area contributed by atoms with Gasteiger partial charge in [-0.2, -0.15) is 0 Å². The lowest BCUT2D eigenvalue weighted by atomic mass is 10.1. The monoisotopic (exact) mass is 215 g/mol. The predicted molar refractivity (Wildman–Crippen MR) is 66.9 cm³/mol. The molecule has 0 bridgehead atoms. The zero-order valence-corrected chi connectivity index (χ0v) is 10.7. The summed E-state index contributed by atoms with van der Waals surface area (Å²) in [5.74, 6) is 0. The Morgan fingerprint density at radius 3 is 1.67 bits per heavy atom. The lowest BCUT2D eigenvalue weighted by molar-refractivity contribution is 0.0904. The van der Waals surface area contributed by atoms with E-state index in [1.54, 1.807) is 7.11 Å². The van der Waals surface area contributed by atoms with Gasteiger partial charge in [-0.05, 0) is 6.42 Å². The van der Waals surface area contributed by atoms with Crippen molar-refractivity contribution >= 4 is 0 Å². The highest BCUT2D eigenvalue weighted by Gasteiger charge is 1.92. The van der Waals surface area contributed by atoms with Crippen LogP contribution in [0, 0.1) is 0 Å². The van der Waals surface area contributed by atoms with E-state index in [-0.39, 0.29) is 0 Å². The van der Waals surface area contributed by atoms with Crippen LogP contribution in [0.4, 0.5) is 0 Å². The van der Waals surface area contributed by atoms with Crippen molar-refractivity contribution in [2.24, 2.45) is 0 Å². The lowest BCUT2D eigenvalue weighted by Gasteiger charge is -2.02. The first-order chi connectivity index (χ1) is 7.41. The molecule has 0 aromatic rings. The number of hydrogen-bond donors (Lipinski definition) is 1. The van der Waals surface area contributed by atoms with Crippen LogP contribution in [0.2, 0.25) is 0 Å². The summed E-state index contributed by atoms with van der Waals surface area (Å²) in [4.78, 5) is 4.77. The highest BCUT2D eigenvalue weighted by Crippen LogP contribution is 2.10. The second-order valence-electron chi connectivity index (χ2n) is 4.28. The Balaban J connectivity index is 2.81. The molecule has 0 aliphatic heterocycles. The van der Waals surface area contributed by atoms with Gasteiger partial charge in [0.15, 0.2) is 0 Å². The third-order valence-corrected chi connectivity index (χ3v) is 2.78. The zero-order valence-electron chi connectivity index (χ0n) is 10.7. The highest BCUT2D eigenvalue weighted by molar-refractivity contribution is 4.47. The average molecular weight is 215 g/mol. The summed E-state index contributed by atoms with van der Waals surface area (Å²) >= 11 is 0. The van der Waals surface area contributed by atoms with Crippen molar-refractivity contribution in [1.29, 1.82) is 0 Å². The van der Waals surface area contributed by atoms with Crippen LogP contribution < -0.4 is 5.48 Å². The molecule has 0 amide bonds. The molecular weight excluding hydrogens is 186 g/mol. The van der Waals surface area contributed by atoms with Gasteiger partial charge in [0.25, 0.3) is 0 Å². The molecule has 2 heteroatoms. The smallest absolute Gasteiger partial charge is 0.0572 e. The SMILES string of the molecule is CCCCCCCCCCCCNOC. The molecule has 0 aromatic carbocycles. The summed E-state index contributed by atoms with van der Waals surface area (Å²) < 4.78 is 0. The molecule has 1 N–H and O–H groups in total. The van der Waals surface area contributed by atoms with Crippen LogP contribution in [-0.2, 0) is 4.84 Å². The number of hydroxylamine groups is 1. The molecule has 15 heavy (non-hydrogen) atoms. The van der Waals surface area contributed by atoms with Crippen LogP contribution in [0.5, 0.6) is 0 Å². The summed E-state index contributed by atoms with van der Waals surface area (Å²) in [5.41, 5.74) is 2.87. The predicted octanol–water partition coefficient (Wildman–Crippen LogP) is 4.06. The van der Waals surface area contributed by atoms with Gasteiger partial charge >= 0.3 is 0 Å². The van der Waals surface area contributed by atoms with Crippen molar-refractivity contribution in [2.75, 3.05) is 13.7 Å². The molecule has 92 valence electrons. The maximum Gasteiger partial charge on any atom is 0.0572 e. The number of hydrogen-bond acceptors (Lipinski definition) is 2. The number of nitrogens with one attached hydrogen (secondary N) is 1. The third kappa shape index (κ3) is 13.9. The number of unbranched alkanes of at least 4 members (excludes halogenated alkanes) is 9. The Morgan fingerprint density at radius 2 is 1.20 bits per heavy atom. The van der Waals surface area contributed by atoms with Gasteiger partial charge in [0.1, 0.15) is 0 Å². The molecule has 0 saturated carbocycles. The van der Waals surface area contributed by atoms with E-state index in [9.17, 15) is 0 Å². The van der Waals surface area contributed by atoms with Crippen molar-refractivity contribution in [3.8, 4) is 0 Å². The normalized spacial score (nSPS) is 10.8. The molecule has 0 rings (SSSR count). The summed E-state index contributed by atoms with van der Waals surface area (Å²) in [6.45, 7) is 3.26. The van der Waals surface area contributed by atoms with Gasteiger partial charge in [-0.1, -0.05) is 64.7 Å². The van der Waals surface area contributed by atoms with Crippen LogP contribution >= 0.6 is 0 Å². The van der Waals surface area contributed by atoms with E-state index in [0.29, 0.717) is 0 Å². The molecule has 0 spiro atoms. The maximum atomic E-state index is 4.77. The molecule has 0 fully saturated rings. The molecule has 0 saturated heterocycles. The Labute approximate surface area is 95.7 Å². The topological polar surface area (TPSA) is 21.3 Å². The summed E-state index contributed by atoms with van der Waals surface area (Å²) in [5, 5.41) is 0. The van der Waals surface area contributed by atoms with E-state index in [4.69, 9.17) is 4.84 Å². The molecule has 0 heterocycles. The number of rotatable bonds is 12. The van der Waals surface area contributed by atoms with E-state index in [1.165, 1.54) is 64.2 Å². The molecule has 0 unspecified atom stereocenters. The van der Waals surface area contributed by atoms with Gasteiger partial charge in [-0.3, -0.25) is 0 Å². The van der Waals surface area contributed by atoms with Crippen LogP contribution in [0.3, 0.4) is 0 Å². The van der Waals surface area contributed by atoms with Gasteiger partial charge in [-0.15, -0.1) is 0 Å². The van der Waals surface area contributed by atoms with Gasteiger partial charge in [0.2, 0.25) is 0 Å². The van der Waals surface area contributed by atoms with E-state index >= 15 is 0 Å². The molecule has 0 radical (unpaired) electrons. The fraction of sp³-hybridized carbons (Fsp3) is 1.00. The first-order valence-corrected chi connectivity index (χ1v) is 6.67. The lowest BCUT2D eigenvalue weighted by Crippen LogP contribution is -2.12. The van der Waals surface area contributed by atoms with Crippen LogP contribution in [0.1, 0.15) is 71.1 Å². The standard InChI is InChI=1S/C13H29NO/c1-3-4-5-6-7-8-9-10-11-12-13-14-15-2/h14H,3-13H2,1-2H3. The summed E-state index contributed by atoms with van der Waals surface area (Å²) in [7, 11) is 1.68. The van der Waals surface area contributed by atoms with Crippen molar-refractivity contribution < 1.29 is 4.84 Å². The third-order valence-electron chi connectivity index (χ3n) is 2.78. The van der Waals surface area contributed by atoms with Crippen LogP contribution in [0.25, 0.3) is 0 Å². The summed E-state index contributed by atoms with van der Waals surface area (Å²) in [6, 6.07) is 0. The quantitative estimate of drug-likeness (QED) is 0.391. The van der Waals surface area contributed by atoms with E-state index in [1.807, 2.05) is 0 Å². The Kier molecular flexibility index (Phi) is 13.8. The van der Waals surface area contributed by atoms with E-state index < -0.39 is 0 Å². The van der Waals surface area contributed by atoms with Crippen molar-refractivity contribution in [1.82, 2.24) is 5.48 Å². The first-order valence-electron chi connectivity index (χ1n) is 6.67. The van der Waals surface area contributed by atoms with Gasteiger partial charge < -0.3 is 4.84 Å². The Bertz CT molecular complexity index is 94.7. The van der Waals surface area contributed by atoms with Crippen molar-refractivity contribution in [3.63, 3.8) is 0 Å². The second kappa shape index (κ2) is 13.9. The average Bonchev–Trinajstić information content (AvgIpc) is 2.26. The van der Waals surface area contributed by atoms with E-state index in [0.717, 1.165) is 6.54 Å². The zero-order chi connectivity index (χ0) is 11.2. The van der Waals surface area contributed by atoms with Gasteiger partial charge in [-0.25, -0.2) is 5.48 Å². The molecule has 0 aliphatic carbocycles. The van der Waals surface area contributed by atoms with Crippen LogP contribution in [0.15, 0.2) is 0 Å². The maximum absolute atomic E-state index is 4.77. The fourth-order valence-corrected chi connectivity index (χ4v) is 1.79. The highest BCUT2D eigenvalue weighted by atomic mass is 16.6. The van der Waals surface area contributed by atoms with Gasteiger partial charge in [0.05, 0.1) is 7.11 Å². The van der Waals surface area contributed by atoms with E-state index in [2.05, 4.69) is 12.4 Å². The minimum absolute atomic E-state index is 0.993. The largest absolute Gasteiger partial charge is 0.305 e. The molecule has 0 atom stereocenters. The Morgan fingerprint density at radius 1 is 0.733 bits per heavy atom. The second-order valence-corrected chi connectivity index (χ2v) is 4.28.